The van der Waals surface area contributed by atoms with Gasteiger partial charge in [-0.2, -0.15) is 0 Å². The summed E-state index contributed by atoms with van der Waals surface area (Å²) in [6.07, 6.45) is -0.652. The number of fused-ring (bicyclic) bond motifs is 1. The lowest BCUT2D eigenvalue weighted by atomic mass is 10.1. The van der Waals surface area contributed by atoms with Crippen LogP contribution in [-0.4, -0.2) is 18.0 Å². The van der Waals surface area contributed by atoms with E-state index in [9.17, 15) is 14.0 Å². The molecule has 0 saturated carbocycles. The van der Waals surface area contributed by atoms with Gasteiger partial charge in [-0.3, -0.25) is 4.79 Å². The second kappa shape index (κ2) is 6.93. The number of hydrogen-bond donors (Lipinski definition) is 1. The number of esters is 1. The van der Waals surface area contributed by atoms with Gasteiger partial charge in [-0.15, -0.1) is 0 Å². The Labute approximate surface area is 144 Å². The average Bonchev–Trinajstić information content (AvgIpc) is 2.61. The first kappa shape index (κ1) is 17.0. The van der Waals surface area contributed by atoms with Crippen LogP contribution in [0, 0.1) is 5.82 Å². The second-order valence-corrected chi connectivity index (χ2v) is 5.79. The molecule has 2 aromatic carbocycles. The van der Waals surface area contributed by atoms with E-state index in [0.717, 1.165) is 0 Å². The summed E-state index contributed by atoms with van der Waals surface area (Å²) >= 11 is 0. The zero-order valence-electron chi connectivity index (χ0n) is 13.9. The third-order valence-electron chi connectivity index (χ3n) is 4.02. The monoisotopic (exact) mass is 343 g/mol. The van der Waals surface area contributed by atoms with Gasteiger partial charge in [0.15, 0.2) is 11.9 Å². The van der Waals surface area contributed by atoms with Crippen LogP contribution in [0.1, 0.15) is 42.3 Å². The number of rotatable bonds is 4. The van der Waals surface area contributed by atoms with E-state index in [0.29, 0.717) is 23.4 Å². The Morgan fingerprint density at radius 3 is 2.68 bits per heavy atom. The summed E-state index contributed by atoms with van der Waals surface area (Å²) in [7, 11) is 0. The fourth-order valence-corrected chi connectivity index (χ4v) is 2.65. The van der Waals surface area contributed by atoms with E-state index < -0.39 is 18.2 Å². The van der Waals surface area contributed by atoms with Gasteiger partial charge < -0.3 is 14.8 Å². The first-order valence-electron chi connectivity index (χ1n) is 8.06. The highest BCUT2D eigenvalue weighted by molar-refractivity contribution is 6.02. The van der Waals surface area contributed by atoms with Crippen molar-refractivity contribution in [2.45, 2.75) is 32.5 Å². The fourth-order valence-electron chi connectivity index (χ4n) is 2.65. The standard InChI is InChI=1S/C19H18FNO4/c1-3-16(12-7-9-13(20)10-8-12)25-19(23)14-5-4-6-15-17(14)24-11(2)18(22)21-15/h4-11,16H,3H2,1-2H3,(H,21,22)/t11-,16-/m0/s1. The number of nitrogens with one attached hydrogen (secondary N) is 1. The zero-order chi connectivity index (χ0) is 18.0. The molecule has 0 aromatic heterocycles. The Kier molecular flexibility index (Phi) is 4.70. The molecule has 2 atom stereocenters. The molecule has 1 amide bonds. The maximum Gasteiger partial charge on any atom is 0.342 e. The van der Waals surface area contributed by atoms with Crippen molar-refractivity contribution in [1.82, 2.24) is 0 Å². The van der Waals surface area contributed by atoms with Crippen LogP contribution in [0.3, 0.4) is 0 Å². The molecule has 0 fully saturated rings. The topological polar surface area (TPSA) is 64.6 Å². The molecule has 0 aliphatic carbocycles. The van der Waals surface area contributed by atoms with Crippen LogP contribution in [0.2, 0.25) is 0 Å². The molecule has 1 N–H and O–H groups in total. The molecule has 1 aliphatic rings. The van der Waals surface area contributed by atoms with E-state index in [2.05, 4.69) is 5.32 Å². The molecular weight excluding hydrogens is 325 g/mol. The molecular formula is C19H18FNO4. The molecule has 130 valence electrons. The number of benzene rings is 2. The lowest BCUT2D eigenvalue weighted by Crippen LogP contribution is -2.35. The van der Waals surface area contributed by atoms with Crippen LogP contribution < -0.4 is 10.1 Å². The number of ether oxygens (including phenoxy) is 2. The van der Waals surface area contributed by atoms with E-state index in [1.165, 1.54) is 12.1 Å². The Bertz CT molecular complexity index is 804. The van der Waals surface area contributed by atoms with Gasteiger partial charge in [0, 0.05) is 0 Å². The van der Waals surface area contributed by atoms with Crippen LogP contribution >= 0.6 is 0 Å². The molecule has 0 saturated heterocycles. The Morgan fingerprint density at radius 1 is 1.28 bits per heavy atom. The SMILES string of the molecule is CC[C@H](OC(=O)c1cccc2c1O[C@@H](C)C(=O)N2)c1ccc(F)cc1. The molecule has 1 aliphatic heterocycles. The van der Waals surface area contributed by atoms with Crippen molar-refractivity contribution >= 4 is 17.6 Å². The average molecular weight is 343 g/mol. The molecule has 0 spiro atoms. The van der Waals surface area contributed by atoms with Crippen LogP contribution in [-0.2, 0) is 9.53 Å². The maximum absolute atomic E-state index is 13.1. The summed E-state index contributed by atoms with van der Waals surface area (Å²) in [4.78, 5) is 24.3. The number of hydrogen-bond acceptors (Lipinski definition) is 4. The molecule has 2 aromatic rings. The highest BCUT2D eigenvalue weighted by Crippen LogP contribution is 2.35. The lowest BCUT2D eigenvalue weighted by molar-refractivity contribution is -0.122. The van der Waals surface area contributed by atoms with Crippen molar-refractivity contribution in [3.63, 3.8) is 0 Å². The quantitative estimate of drug-likeness (QED) is 0.857. The number of carbonyl (C=O) groups is 2. The minimum absolute atomic E-state index is 0.241. The smallest absolute Gasteiger partial charge is 0.342 e. The number of amides is 1. The highest BCUT2D eigenvalue weighted by Gasteiger charge is 2.29. The molecule has 1 heterocycles. The van der Waals surface area contributed by atoms with E-state index in [-0.39, 0.29) is 17.3 Å². The molecule has 0 unspecified atom stereocenters. The van der Waals surface area contributed by atoms with Crippen LogP contribution in [0.25, 0.3) is 0 Å². The van der Waals surface area contributed by atoms with Gasteiger partial charge in [0.25, 0.3) is 5.91 Å². The predicted octanol–water partition coefficient (Wildman–Crippen LogP) is 3.85. The van der Waals surface area contributed by atoms with Gasteiger partial charge in [0.2, 0.25) is 0 Å². The van der Waals surface area contributed by atoms with Crippen molar-refractivity contribution in [2.24, 2.45) is 0 Å². The summed E-state index contributed by atoms with van der Waals surface area (Å²) in [6, 6.07) is 10.7. The van der Waals surface area contributed by atoms with Gasteiger partial charge in [0.05, 0.1) is 5.69 Å². The predicted molar refractivity (Wildman–Crippen MR) is 90.0 cm³/mol. The zero-order valence-corrected chi connectivity index (χ0v) is 13.9. The maximum atomic E-state index is 13.1. The van der Waals surface area contributed by atoms with Crippen molar-refractivity contribution in [1.29, 1.82) is 0 Å². The number of anilines is 1. The summed E-state index contributed by atoms with van der Waals surface area (Å²) in [5.41, 5.74) is 1.39. The minimum Gasteiger partial charge on any atom is -0.478 e. The third kappa shape index (κ3) is 3.47. The summed E-state index contributed by atoms with van der Waals surface area (Å²) in [5.74, 6) is -0.874. The second-order valence-electron chi connectivity index (χ2n) is 5.79. The number of halogens is 1. The number of carbonyl (C=O) groups excluding carboxylic acids is 2. The van der Waals surface area contributed by atoms with Gasteiger partial charge in [-0.05, 0) is 43.2 Å². The first-order chi connectivity index (χ1) is 12.0. The van der Waals surface area contributed by atoms with E-state index in [1.54, 1.807) is 37.3 Å². The molecule has 5 nitrogen and oxygen atoms in total. The summed E-state index contributed by atoms with van der Waals surface area (Å²) in [5, 5.41) is 2.70. The number of para-hydroxylation sites is 1. The highest BCUT2D eigenvalue weighted by atomic mass is 19.1. The molecule has 0 bridgehead atoms. The van der Waals surface area contributed by atoms with Crippen molar-refractivity contribution in [3.05, 3.63) is 59.4 Å². The van der Waals surface area contributed by atoms with Crippen LogP contribution in [0.5, 0.6) is 5.75 Å². The van der Waals surface area contributed by atoms with Crippen molar-refractivity contribution < 1.29 is 23.5 Å². The van der Waals surface area contributed by atoms with Gasteiger partial charge in [0.1, 0.15) is 17.5 Å². The molecule has 25 heavy (non-hydrogen) atoms. The van der Waals surface area contributed by atoms with E-state index in [1.807, 2.05) is 6.92 Å². The lowest BCUT2D eigenvalue weighted by Gasteiger charge is -2.25. The van der Waals surface area contributed by atoms with Gasteiger partial charge >= 0.3 is 5.97 Å². The largest absolute Gasteiger partial charge is 0.478 e. The van der Waals surface area contributed by atoms with Crippen molar-refractivity contribution in [2.75, 3.05) is 5.32 Å². The van der Waals surface area contributed by atoms with E-state index >= 15 is 0 Å². The minimum atomic E-state index is -0.694. The molecule has 3 rings (SSSR count). The Balaban J connectivity index is 1.85. The fraction of sp³-hybridized carbons (Fsp3) is 0.263. The summed E-state index contributed by atoms with van der Waals surface area (Å²) < 4.78 is 24.2. The Morgan fingerprint density at radius 2 is 2.00 bits per heavy atom. The Hall–Kier alpha value is -2.89. The normalized spacial score (nSPS) is 17.1. The van der Waals surface area contributed by atoms with Gasteiger partial charge in [-0.25, -0.2) is 9.18 Å². The molecule has 6 heteroatoms. The first-order valence-corrected chi connectivity index (χ1v) is 8.06. The summed E-state index contributed by atoms with van der Waals surface area (Å²) in [6.45, 7) is 3.48. The van der Waals surface area contributed by atoms with E-state index in [4.69, 9.17) is 9.47 Å². The third-order valence-corrected chi connectivity index (χ3v) is 4.02. The molecule has 0 radical (unpaired) electrons. The van der Waals surface area contributed by atoms with Crippen LogP contribution in [0.15, 0.2) is 42.5 Å². The van der Waals surface area contributed by atoms with Crippen LogP contribution in [0.4, 0.5) is 10.1 Å². The van der Waals surface area contributed by atoms with Gasteiger partial charge in [-0.1, -0.05) is 25.1 Å². The van der Waals surface area contributed by atoms with Crippen molar-refractivity contribution in [3.8, 4) is 5.75 Å².